The lowest BCUT2D eigenvalue weighted by molar-refractivity contribution is -0.160. The van der Waals surface area contributed by atoms with E-state index in [2.05, 4.69) is 20.8 Å². The summed E-state index contributed by atoms with van der Waals surface area (Å²) >= 11 is 0. The highest BCUT2D eigenvalue weighted by Gasteiger charge is 2.62. The molecule has 4 rings (SSSR count). The van der Waals surface area contributed by atoms with Crippen LogP contribution in [0.2, 0.25) is 0 Å². The van der Waals surface area contributed by atoms with Gasteiger partial charge in [0.1, 0.15) is 5.78 Å². The lowest BCUT2D eigenvalue weighted by Gasteiger charge is -2.60. The number of esters is 1. The van der Waals surface area contributed by atoms with Gasteiger partial charge >= 0.3 is 5.97 Å². The maximum Gasteiger partial charge on any atom is 0.305 e. The summed E-state index contributed by atoms with van der Waals surface area (Å²) in [4.78, 5) is 25.0. The molecule has 0 aromatic rings. The van der Waals surface area contributed by atoms with E-state index in [1.165, 1.54) is 26.4 Å². The number of aliphatic hydroxyl groups excluding tert-OH is 1. The fourth-order valence-electron chi connectivity index (χ4n) is 8.53. The van der Waals surface area contributed by atoms with Gasteiger partial charge in [0.15, 0.2) is 0 Å². The smallest absolute Gasteiger partial charge is 0.305 e. The molecule has 0 radical (unpaired) electrons. The Bertz CT molecular complexity index is 659. The Morgan fingerprint density at radius 2 is 1.83 bits per heavy atom. The number of ketones is 1. The number of hydrogen-bond acceptors (Lipinski definition) is 4. The van der Waals surface area contributed by atoms with Crippen molar-refractivity contribution in [2.45, 2.75) is 91.1 Å². The average Bonchev–Trinajstić information content (AvgIpc) is 3.04. The van der Waals surface area contributed by atoms with Crippen LogP contribution in [0.3, 0.4) is 0 Å². The number of Topliss-reactive ketones (excluding diaryl/α,β-unsaturated/α-hetero) is 1. The van der Waals surface area contributed by atoms with Crippen molar-refractivity contribution in [1.82, 2.24) is 0 Å². The third-order valence-electron chi connectivity index (χ3n) is 10.2. The molecule has 9 atom stereocenters. The number of ether oxygens (including phenoxy) is 1. The van der Waals surface area contributed by atoms with E-state index in [9.17, 15) is 14.7 Å². The summed E-state index contributed by atoms with van der Waals surface area (Å²) in [6, 6.07) is 0. The van der Waals surface area contributed by atoms with Crippen molar-refractivity contribution in [3.05, 3.63) is 0 Å². The second-order valence-electron chi connectivity index (χ2n) is 11.4. The molecule has 29 heavy (non-hydrogen) atoms. The number of carbonyl (C=O) groups is 2. The van der Waals surface area contributed by atoms with E-state index < -0.39 is 0 Å². The molecule has 0 heterocycles. The largest absolute Gasteiger partial charge is 0.469 e. The van der Waals surface area contributed by atoms with E-state index in [4.69, 9.17) is 4.74 Å². The number of hydrogen-bond donors (Lipinski definition) is 1. The summed E-state index contributed by atoms with van der Waals surface area (Å²) in [5, 5.41) is 10.2. The monoisotopic (exact) mass is 404 g/mol. The van der Waals surface area contributed by atoms with Gasteiger partial charge in [-0.25, -0.2) is 0 Å². The second kappa shape index (κ2) is 7.66. The molecular weight excluding hydrogens is 364 g/mol. The Balaban J connectivity index is 1.53. The zero-order valence-electron chi connectivity index (χ0n) is 18.8. The van der Waals surface area contributed by atoms with Gasteiger partial charge in [-0.3, -0.25) is 9.59 Å². The van der Waals surface area contributed by atoms with Crippen LogP contribution in [0.25, 0.3) is 0 Å². The van der Waals surface area contributed by atoms with E-state index in [0.717, 1.165) is 32.1 Å². The molecule has 4 nitrogen and oxygen atoms in total. The standard InChI is InChI=1S/C25H40O4/c1-15(5-8-22(28)29-4)18-6-7-19-23-20(10-12-25(18,19)3)24(2)11-9-17(26)13-16(24)14-21(23)27/h15-20,23,26H,5-14H2,1-4H3/t15-,16+,17-,18?,19?,20?,23+,24+,25-/m1/s1. The number of aliphatic hydroxyl groups is 1. The zero-order chi connectivity index (χ0) is 21.0. The molecule has 0 bridgehead atoms. The van der Waals surface area contributed by atoms with Gasteiger partial charge in [0.2, 0.25) is 0 Å². The van der Waals surface area contributed by atoms with Gasteiger partial charge in [0.05, 0.1) is 13.2 Å². The maximum atomic E-state index is 13.4. The minimum atomic E-state index is -0.210. The van der Waals surface area contributed by atoms with Crippen LogP contribution in [0.5, 0.6) is 0 Å². The molecule has 4 heteroatoms. The molecule has 0 aliphatic heterocycles. The van der Waals surface area contributed by atoms with Crippen molar-refractivity contribution < 1.29 is 19.4 Å². The zero-order valence-corrected chi connectivity index (χ0v) is 18.8. The minimum Gasteiger partial charge on any atom is -0.469 e. The summed E-state index contributed by atoms with van der Waals surface area (Å²) in [6.07, 6.45) is 9.40. The fourth-order valence-corrected chi connectivity index (χ4v) is 8.53. The first kappa shape index (κ1) is 21.3. The molecular formula is C25H40O4. The fraction of sp³-hybridized carbons (Fsp3) is 0.920. The van der Waals surface area contributed by atoms with Gasteiger partial charge in [-0.1, -0.05) is 20.8 Å². The van der Waals surface area contributed by atoms with E-state index in [-0.39, 0.29) is 28.8 Å². The summed E-state index contributed by atoms with van der Waals surface area (Å²) in [6.45, 7) is 7.18. The van der Waals surface area contributed by atoms with Crippen molar-refractivity contribution >= 4 is 11.8 Å². The quantitative estimate of drug-likeness (QED) is 0.685. The van der Waals surface area contributed by atoms with Crippen LogP contribution in [-0.4, -0.2) is 30.1 Å². The van der Waals surface area contributed by atoms with Crippen molar-refractivity contribution in [2.75, 3.05) is 7.11 Å². The third-order valence-corrected chi connectivity index (χ3v) is 10.2. The highest BCUT2D eigenvalue weighted by molar-refractivity contribution is 5.83. The normalized spacial score (nSPS) is 47.7. The van der Waals surface area contributed by atoms with Crippen LogP contribution in [0.4, 0.5) is 0 Å². The second-order valence-corrected chi connectivity index (χ2v) is 11.4. The molecule has 3 unspecified atom stereocenters. The van der Waals surface area contributed by atoms with Gasteiger partial charge in [-0.15, -0.1) is 0 Å². The topological polar surface area (TPSA) is 63.6 Å². The van der Waals surface area contributed by atoms with Crippen molar-refractivity contribution in [3.63, 3.8) is 0 Å². The van der Waals surface area contributed by atoms with Gasteiger partial charge in [-0.2, -0.15) is 0 Å². The molecule has 1 N–H and O–H groups in total. The Labute approximate surface area is 176 Å². The van der Waals surface area contributed by atoms with Crippen LogP contribution < -0.4 is 0 Å². The van der Waals surface area contributed by atoms with Crippen LogP contribution in [0.15, 0.2) is 0 Å². The number of carbonyl (C=O) groups excluding carboxylic acids is 2. The van der Waals surface area contributed by atoms with Crippen molar-refractivity contribution in [2.24, 2.45) is 46.3 Å². The lowest BCUT2D eigenvalue weighted by atomic mass is 9.44. The lowest BCUT2D eigenvalue weighted by Crippen LogP contribution is -2.57. The van der Waals surface area contributed by atoms with E-state index in [1.807, 2.05) is 0 Å². The van der Waals surface area contributed by atoms with E-state index in [0.29, 0.717) is 48.2 Å². The minimum absolute atomic E-state index is 0.110. The molecule has 0 spiro atoms. The van der Waals surface area contributed by atoms with Gasteiger partial charge in [0, 0.05) is 18.8 Å². The van der Waals surface area contributed by atoms with Gasteiger partial charge in [0.25, 0.3) is 0 Å². The molecule has 164 valence electrons. The van der Waals surface area contributed by atoms with Crippen molar-refractivity contribution in [1.29, 1.82) is 0 Å². The molecule has 4 fully saturated rings. The Morgan fingerprint density at radius 3 is 2.55 bits per heavy atom. The van der Waals surface area contributed by atoms with Gasteiger partial charge in [-0.05, 0) is 91.8 Å². The summed E-state index contributed by atoms with van der Waals surface area (Å²) in [7, 11) is 1.47. The highest BCUT2D eigenvalue weighted by atomic mass is 16.5. The first-order valence-electron chi connectivity index (χ1n) is 12.0. The number of methoxy groups -OCH3 is 1. The van der Waals surface area contributed by atoms with E-state index in [1.54, 1.807) is 0 Å². The van der Waals surface area contributed by atoms with Crippen LogP contribution in [0.1, 0.15) is 85.0 Å². The van der Waals surface area contributed by atoms with Crippen molar-refractivity contribution in [3.8, 4) is 0 Å². The predicted octanol–water partition coefficient (Wildman–Crippen LogP) is 4.77. The molecule has 4 aliphatic rings. The molecule has 4 aliphatic carbocycles. The molecule has 0 aromatic heterocycles. The third kappa shape index (κ3) is 3.38. The predicted molar refractivity (Wildman–Crippen MR) is 112 cm³/mol. The first-order valence-corrected chi connectivity index (χ1v) is 12.0. The Hall–Kier alpha value is -0.900. The Morgan fingerprint density at radius 1 is 1.14 bits per heavy atom. The molecule has 0 amide bonds. The summed E-state index contributed by atoms with van der Waals surface area (Å²) in [5.41, 5.74) is 0.456. The maximum absolute atomic E-state index is 13.4. The van der Waals surface area contributed by atoms with Crippen LogP contribution in [0, 0.1) is 46.3 Å². The van der Waals surface area contributed by atoms with Crippen LogP contribution >= 0.6 is 0 Å². The number of rotatable bonds is 4. The Kier molecular flexibility index (Phi) is 5.63. The van der Waals surface area contributed by atoms with Crippen LogP contribution in [-0.2, 0) is 14.3 Å². The van der Waals surface area contributed by atoms with Gasteiger partial charge < -0.3 is 9.84 Å². The molecule has 0 saturated heterocycles. The molecule has 4 saturated carbocycles. The molecule has 0 aromatic carbocycles. The first-order chi connectivity index (χ1) is 13.7. The highest BCUT2D eigenvalue weighted by Crippen LogP contribution is 2.67. The SMILES string of the molecule is COC(=O)CC[C@@H](C)C1CCC2[C@@H]3C(=O)C[C@@H]4C[C@H](O)CC[C@]4(C)C3CC[C@@]21C. The van der Waals surface area contributed by atoms with E-state index >= 15 is 0 Å². The number of fused-ring (bicyclic) bond motifs is 5. The summed E-state index contributed by atoms with van der Waals surface area (Å²) < 4.78 is 4.85. The summed E-state index contributed by atoms with van der Waals surface area (Å²) in [5.74, 6) is 3.08. The average molecular weight is 405 g/mol.